The van der Waals surface area contributed by atoms with Gasteiger partial charge >= 0.3 is 0 Å². The van der Waals surface area contributed by atoms with Crippen LogP contribution in [-0.4, -0.2) is 66.6 Å². The second-order valence-electron chi connectivity index (χ2n) is 13.3. The van der Waals surface area contributed by atoms with Crippen LogP contribution in [0.5, 0.6) is 0 Å². The summed E-state index contributed by atoms with van der Waals surface area (Å²) < 4.78 is 6.93. The van der Waals surface area contributed by atoms with Crippen molar-refractivity contribution in [2.45, 2.75) is 69.6 Å². The van der Waals surface area contributed by atoms with E-state index in [0.717, 1.165) is 23.2 Å². The average molecular weight is 642 g/mol. The smallest absolute Gasteiger partial charge is 0.264 e. The summed E-state index contributed by atoms with van der Waals surface area (Å²) in [6.07, 6.45) is 0.498. The minimum absolute atomic E-state index is 0.0355. The van der Waals surface area contributed by atoms with Gasteiger partial charge in [-0.3, -0.25) is 14.4 Å². The van der Waals surface area contributed by atoms with Crippen molar-refractivity contribution >= 4 is 37.4 Å². The number of carbonyl (C=O) groups excluding carboxylic acids is 3. The zero-order valence-corrected chi connectivity index (χ0v) is 27.8. The molecule has 2 fully saturated rings. The van der Waals surface area contributed by atoms with Crippen LogP contribution in [0, 0.1) is 5.92 Å². The summed E-state index contributed by atoms with van der Waals surface area (Å²) in [5.41, 5.74) is 2.14. The zero-order chi connectivity index (χ0) is 32.6. The van der Waals surface area contributed by atoms with Gasteiger partial charge < -0.3 is 29.3 Å². The summed E-state index contributed by atoms with van der Waals surface area (Å²) in [6.45, 7) is 6.88. The highest BCUT2D eigenvalue weighted by molar-refractivity contribution is 6.71. The summed E-state index contributed by atoms with van der Waals surface area (Å²) >= 11 is 0. The van der Waals surface area contributed by atoms with Gasteiger partial charge in [-0.15, -0.1) is 0 Å². The van der Waals surface area contributed by atoms with Crippen LogP contribution in [0.1, 0.15) is 42.9 Å². The molecule has 2 N–H and O–H groups in total. The molecule has 0 bridgehead atoms. The van der Waals surface area contributed by atoms with Gasteiger partial charge in [0, 0.05) is 48.8 Å². The Bertz CT molecular complexity index is 1600. The van der Waals surface area contributed by atoms with Gasteiger partial charge in [-0.25, -0.2) is 0 Å². The predicted molar refractivity (Wildman–Crippen MR) is 178 cm³/mol. The Morgan fingerprint density at radius 3 is 2.30 bits per heavy atom. The van der Waals surface area contributed by atoms with E-state index in [0.29, 0.717) is 37.3 Å². The number of anilines is 2. The van der Waals surface area contributed by atoms with Crippen molar-refractivity contribution in [1.29, 1.82) is 0 Å². The molecule has 0 aliphatic carbocycles. The van der Waals surface area contributed by atoms with E-state index in [9.17, 15) is 24.3 Å². The maximum atomic E-state index is 14.8. The number of aliphatic hydroxyl groups excluding tert-OH is 1. The van der Waals surface area contributed by atoms with Crippen LogP contribution >= 0.6 is 0 Å². The van der Waals surface area contributed by atoms with Crippen LogP contribution in [-0.2, 0) is 37.8 Å². The van der Waals surface area contributed by atoms with Crippen molar-refractivity contribution in [2.24, 2.45) is 5.92 Å². The van der Waals surface area contributed by atoms with Gasteiger partial charge in [-0.1, -0.05) is 67.6 Å². The van der Waals surface area contributed by atoms with Crippen LogP contribution in [0.15, 0.2) is 78.9 Å². The lowest BCUT2D eigenvalue weighted by atomic mass is 9.82. The summed E-state index contributed by atoms with van der Waals surface area (Å²) in [6, 6.07) is 25.1. The van der Waals surface area contributed by atoms with Crippen LogP contribution < -0.4 is 9.80 Å². The van der Waals surface area contributed by atoms with E-state index in [1.54, 1.807) is 14.7 Å². The molecule has 3 aliphatic rings. The lowest BCUT2D eigenvalue weighted by Gasteiger charge is -2.33. The van der Waals surface area contributed by atoms with E-state index in [1.165, 1.54) is 0 Å². The fraction of sp³-hybridized carbons (Fsp3) is 0.417. The standard InChI is InChI=1S/C36H43N3O6Si/c1-25-34(46(2,3)44)31(22-33(42)37(19-20-40)23-26-11-6-4-7-12-26)45-36(25)29-21-28(38-18-10-15-32(38)41)16-17-30(29)39(35(36)43)24-27-13-8-5-9-14-27/h4-9,11-14,16-17,21,25,31,34,40,44H,10,15,18-20,22-24H2,1-3H3/t25-,31+,34-,36+/m1/s1. The molecule has 0 aromatic heterocycles. The molecule has 6 rings (SSSR count). The van der Waals surface area contributed by atoms with Crippen LogP contribution in [0.4, 0.5) is 11.4 Å². The number of benzene rings is 3. The van der Waals surface area contributed by atoms with E-state index < -0.39 is 31.5 Å². The third-order valence-electron chi connectivity index (χ3n) is 9.85. The summed E-state index contributed by atoms with van der Waals surface area (Å²) in [4.78, 5) is 58.3. The zero-order valence-electron chi connectivity index (χ0n) is 26.8. The van der Waals surface area contributed by atoms with E-state index >= 15 is 0 Å². The number of aliphatic hydroxyl groups is 1. The van der Waals surface area contributed by atoms with Gasteiger partial charge in [0.1, 0.15) is 0 Å². The number of nitrogens with zero attached hydrogens (tertiary/aromatic N) is 3. The average Bonchev–Trinajstić information content (AvgIpc) is 3.66. The highest BCUT2D eigenvalue weighted by atomic mass is 28.4. The second-order valence-corrected chi connectivity index (χ2v) is 17.3. The fourth-order valence-corrected chi connectivity index (χ4v) is 10.3. The number of hydrogen-bond acceptors (Lipinski definition) is 6. The Morgan fingerprint density at radius 1 is 1.02 bits per heavy atom. The van der Waals surface area contributed by atoms with E-state index in [4.69, 9.17) is 4.74 Å². The molecule has 9 nitrogen and oxygen atoms in total. The Kier molecular flexibility index (Phi) is 8.91. The van der Waals surface area contributed by atoms with Crippen molar-refractivity contribution in [3.8, 4) is 0 Å². The van der Waals surface area contributed by atoms with Crippen LogP contribution in [0.25, 0.3) is 0 Å². The molecule has 46 heavy (non-hydrogen) atoms. The molecule has 0 unspecified atom stereocenters. The lowest BCUT2D eigenvalue weighted by molar-refractivity contribution is -0.150. The molecule has 4 atom stereocenters. The molecule has 3 heterocycles. The minimum atomic E-state index is -3.02. The maximum Gasteiger partial charge on any atom is 0.264 e. The van der Waals surface area contributed by atoms with Crippen molar-refractivity contribution in [3.63, 3.8) is 0 Å². The normalized spacial score (nSPS) is 24.2. The topological polar surface area (TPSA) is 111 Å². The molecular formula is C36H43N3O6Si. The number of hydrogen-bond donors (Lipinski definition) is 2. The lowest BCUT2D eigenvalue weighted by Crippen LogP contribution is -2.46. The molecule has 10 heteroatoms. The third-order valence-corrected chi connectivity index (χ3v) is 12.4. The molecule has 2 saturated heterocycles. The predicted octanol–water partition coefficient (Wildman–Crippen LogP) is 4.57. The quantitative estimate of drug-likeness (QED) is 0.314. The highest BCUT2D eigenvalue weighted by Gasteiger charge is 2.66. The Labute approximate surface area is 271 Å². The van der Waals surface area contributed by atoms with Gasteiger partial charge in [0.2, 0.25) is 11.8 Å². The number of carbonyl (C=O) groups is 3. The molecule has 3 aromatic carbocycles. The fourth-order valence-electron chi connectivity index (χ4n) is 7.80. The van der Waals surface area contributed by atoms with Gasteiger partial charge in [0.25, 0.3) is 5.91 Å². The van der Waals surface area contributed by atoms with Gasteiger partial charge in [0.05, 0.1) is 31.4 Å². The van der Waals surface area contributed by atoms with Crippen molar-refractivity contribution in [3.05, 3.63) is 95.6 Å². The van der Waals surface area contributed by atoms with E-state index in [1.807, 2.05) is 98.9 Å². The van der Waals surface area contributed by atoms with Gasteiger partial charge in [-0.2, -0.15) is 0 Å². The molecule has 3 aliphatic heterocycles. The minimum Gasteiger partial charge on any atom is -0.432 e. The third kappa shape index (κ3) is 5.79. The SMILES string of the molecule is C[C@@H]1[C@@H]([Si](C)(C)O)[C@H](CC(=O)N(CCO)Cc2ccccc2)O[C@@]12C(=O)N(Cc1ccccc1)c1ccc(N3CCCC3=O)cc12. The summed E-state index contributed by atoms with van der Waals surface area (Å²) in [5, 5.41) is 9.81. The number of rotatable bonds is 10. The van der Waals surface area contributed by atoms with Gasteiger partial charge in [-0.05, 0) is 48.8 Å². The largest absolute Gasteiger partial charge is 0.432 e. The van der Waals surface area contributed by atoms with E-state index in [2.05, 4.69) is 0 Å². The number of amides is 3. The van der Waals surface area contributed by atoms with Crippen molar-refractivity contribution in [2.75, 3.05) is 29.5 Å². The molecule has 1 spiro atoms. The summed E-state index contributed by atoms with van der Waals surface area (Å²) in [7, 11) is -3.02. The number of fused-ring (bicyclic) bond motifs is 2. The van der Waals surface area contributed by atoms with E-state index in [-0.39, 0.29) is 37.3 Å². The Morgan fingerprint density at radius 2 is 1.70 bits per heavy atom. The summed E-state index contributed by atoms with van der Waals surface area (Å²) in [5.74, 6) is -0.835. The molecule has 242 valence electrons. The molecule has 0 saturated carbocycles. The second kappa shape index (κ2) is 12.8. The highest BCUT2D eigenvalue weighted by Crippen LogP contribution is 2.60. The van der Waals surface area contributed by atoms with Crippen molar-refractivity contribution in [1.82, 2.24) is 4.90 Å². The molecule has 3 aromatic rings. The van der Waals surface area contributed by atoms with Crippen LogP contribution in [0.2, 0.25) is 18.6 Å². The Hall–Kier alpha value is -3.83. The monoisotopic (exact) mass is 641 g/mol. The first-order valence-electron chi connectivity index (χ1n) is 16.2. The van der Waals surface area contributed by atoms with Crippen LogP contribution in [0.3, 0.4) is 0 Å². The Balaban J connectivity index is 1.40. The molecule has 3 amide bonds. The van der Waals surface area contributed by atoms with Crippen molar-refractivity contribution < 1.29 is 29.0 Å². The maximum absolute atomic E-state index is 14.8. The van der Waals surface area contributed by atoms with Gasteiger partial charge in [0.15, 0.2) is 13.9 Å². The number of ether oxygens (including phenoxy) is 1. The molecule has 0 radical (unpaired) electrons. The first kappa shape index (κ1) is 32.1. The molecular weight excluding hydrogens is 598 g/mol. The first-order chi connectivity index (χ1) is 22.0. The first-order valence-corrected chi connectivity index (χ1v) is 19.2.